The maximum Gasteiger partial charge on any atom is 0.323 e. The fraction of sp³-hybridized carbons (Fsp3) is 0.258. The van der Waals surface area contributed by atoms with E-state index in [0.717, 1.165) is 39.7 Å². The molecule has 2 heterocycles. The van der Waals surface area contributed by atoms with Crippen LogP contribution < -0.4 is 21.9 Å². The lowest BCUT2D eigenvalue weighted by Crippen LogP contribution is -3.00. The van der Waals surface area contributed by atoms with Crippen molar-refractivity contribution in [1.29, 1.82) is 0 Å². The van der Waals surface area contributed by atoms with Gasteiger partial charge in [-0.05, 0) is 33.6 Å². The number of carbonyl (C=O) groups is 1. The molecule has 1 amide bonds. The zero-order valence-corrected chi connectivity index (χ0v) is 25.5. The van der Waals surface area contributed by atoms with Crippen LogP contribution in [0.2, 0.25) is 0 Å². The Kier molecular flexibility index (Phi) is 8.91. The van der Waals surface area contributed by atoms with Gasteiger partial charge in [-0.2, -0.15) is 0 Å². The van der Waals surface area contributed by atoms with Gasteiger partial charge < -0.3 is 41.6 Å². The predicted octanol–water partition coefficient (Wildman–Crippen LogP) is 2.96. The first-order valence-corrected chi connectivity index (χ1v) is 13.6. The van der Waals surface area contributed by atoms with Crippen molar-refractivity contribution in [3.05, 3.63) is 105 Å². The molecule has 214 valence electrons. The van der Waals surface area contributed by atoms with Crippen LogP contribution in [0.4, 0.5) is 11.5 Å². The summed E-state index contributed by atoms with van der Waals surface area (Å²) in [6.07, 6.45) is 3.35. The number of anilines is 1. The number of quaternary nitrogens is 1. The van der Waals surface area contributed by atoms with E-state index in [1.165, 1.54) is 0 Å². The fourth-order valence-electron chi connectivity index (χ4n) is 5.63. The number of nitrogens with zero attached hydrogens (tertiary/aromatic N) is 4. The SMILES string of the molecule is Cn1c(C[N+](C)(C)Cc2ccc(/C=C/C(=O)N3CC(CCl)c4c3cc(O)c3ccccc43)cc2)ccc1[N+](=O)[O-].[Br-]. The maximum absolute atomic E-state index is 13.3. The van der Waals surface area contributed by atoms with Crippen LogP contribution in [0.5, 0.6) is 5.75 Å². The molecule has 8 nitrogen and oxygen atoms in total. The van der Waals surface area contributed by atoms with Crippen LogP contribution in [-0.2, 0) is 24.9 Å². The van der Waals surface area contributed by atoms with Crippen LogP contribution in [0, 0.1) is 10.1 Å². The van der Waals surface area contributed by atoms with Gasteiger partial charge in [-0.3, -0.25) is 4.79 Å². The number of phenolic OH excluding ortho intramolecular Hbond substituents is 1. The first-order chi connectivity index (χ1) is 19.1. The Morgan fingerprint density at radius 2 is 1.78 bits per heavy atom. The van der Waals surface area contributed by atoms with Crippen molar-refractivity contribution in [3.63, 3.8) is 0 Å². The average molecular weight is 640 g/mol. The van der Waals surface area contributed by atoms with Crippen molar-refractivity contribution in [2.45, 2.75) is 19.0 Å². The molecule has 1 atom stereocenters. The fourth-order valence-corrected chi connectivity index (χ4v) is 5.88. The zero-order valence-electron chi connectivity index (χ0n) is 23.1. The molecule has 4 aromatic rings. The third-order valence-electron chi connectivity index (χ3n) is 7.58. The molecule has 1 unspecified atom stereocenters. The molecule has 0 saturated carbocycles. The monoisotopic (exact) mass is 638 g/mol. The predicted molar refractivity (Wildman–Crippen MR) is 158 cm³/mol. The highest BCUT2D eigenvalue weighted by molar-refractivity contribution is 6.19. The number of rotatable bonds is 8. The Balaban J connectivity index is 0.00000387. The number of halogens is 2. The van der Waals surface area contributed by atoms with Crippen molar-refractivity contribution in [2.24, 2.45) is 7.05 Å². The number of hydrogen-bond acceptors (Lipinski definition) is 4. The van der Waals surface area contributed by atoms with Crippen LogP contribution in [0.25, 0.3) is 16.8 Å². The van der Waals surface area contributed by atoms with E-state index >= 15 is 0 Å². The normalized spacial score (nSPS) is 14.8. The lowest BCUT2D eigenvalue weighted by atomic mass is 9.95. The van der Waals surface area contributed by atoms with Crippen molar-refractivity contribution >= 4 is 45.9 Å². The van der Waals surface area contributed by atoms with Crippen molar-refractivity contribution in [1.82, 2.24) is 4.57 Å². The first-order valence-electron chi connectivity index (χ1n) is 13.1. The van der Waals surface area contributed by atoms with E-state index in [1.807, 2.05) is 48.5 Å². The van der Waals surface area contributed by atoms with Crippen LogP contribution in [0.1, 0.15) is 28.3 Å². The van der Waals surface area contributed by atoms with Gasteiger partial charge in [0.25, 0.3) is 5.91 Å². The summed E-state index contributed by atoms with van der Waals surface area (Å²) in [5.74, 6) is 0.436. The largest absolute Gasteiger partial charge is 1.00 e. The molecular formula is C31H32BrClN4O4. The van der Waals surface area contributed by atoms with E-state index in [2.05, 4.69) is 14.1 Å². The summed E-state index contributed by atoms with van der Waals surface area (Å²) in [4.78, 5) is 25.7. The van der Waals surface area contributed by atoms with Gasteiger partial charge in [0, 0.05) is 47.5 Å². The van der Waals surface area contributed by atoms with Gasteiger partial charge in [0.2, 0.25) is 0 Å². The van der Waals surface area contributed by atoms with E-state index in [4.69, 9.17) is 11.6 Å². The molecule has 3 aromatic carbocycles. The minimum atomic E-state index is -0.370. The van der Waals surface area contributed by atoms with Crippen LogP contribution in [0.15, 0.2) is 72.8 Å². The number of aromatic nitrogens is 1. The van der Waals surface area contributed by atoms with E-state index in [0.29, 0.717) is 29.1 Å². The molecule has 1 N–H and O–H groups in total. The highest BCUT2D eigenvalue weighted by Crippen LogP contribution is 2.45. The molecule has 5 rings (SSSR count). The van der Waals surface area contributed by atoms with E-state index in [1.54, 1.807) is 46.9 Å². The molecule has 0 aliphatic carbocycles. The Morgan fingerprint density at radius 3 is 2.41 bits per heavy atom. The standard InChI is InChI=1S/C31H31ClN4O4.BrH/c1-33-24(13-14-29(33)35(39)40)20-36(2,3)19-22-10-8-21(9-11-22)12-15-30(38)34-18-23(17-32)31-26-7-5-4-6-25(26)28(37)16-27(31)34;/h4-16,23H,17-20H2,1-3H3;1H/b15-12+;. The minimum absolute atomic E-state index is 0. The number of fused-ring (bicyclic) bond motifs is 3. The Hall–Kier alpha value is -3.66. The molecule has 0 fully saturated rings. The van der Waals surface area contributed by atoms with Crippen LogP contribution in [0.3, 0.4) is 0 Å². The lowest BCUT2D eigenvalue weighted by molar-refractivity contribution is -0.917. The highest BCUT2D eigenvalue weighted by atomic mass is 79.9. The number of benzene rings is 3. The summed E-state index contributed by atoms with van der Waals surface area (Å²) >= 11 is 6.30. The third kappa shape index (κ3) is 6.17. The maximum atomic E-state index is 13.3. The molecule has 0 radical (unpaired) electrons. The van der Waals surface area contributed by atoms with Gasteiger partial charge in [0.15, 0.2) is 5.69 Å². The summed E-state index contributed by atoms with van der Waals surface area (Å²) in [5, 5.41) is 23.5. The highest BCUT2D eigenvalue weighted by Gasteiger charge is 2.33. The summed E-state index contributed by atoms with van der Waals surface area (Å²) in [7, 11) is 5.90. The molecule has 0 spiro atoms. The lowest BCUT2D eigenvalue weighted by Gasteiger charge is -2.29. The van der Waals surface area contributed by atoms with Gasteiger partial charge in [-0.15, -0.1) is 11.6 Å². The van der Waals surface area contributed by atoms with Gasteiger partial charge in [-0.1, -0.05) is 48.5 Å². The molecule has 1 aliphatic heterocycles. The molecular weight excluding hydrogens is 608 g/mol. The Bertz CT molecular complexity index is 1630. The van der Waals surface area contributed by atoms with Gasteiger partial charge in [0.1, 0.15) is 18.8 Å². The number of aromatic hydroxyl groups is 1. The zero-order chi connectivity index (χ0) is 28.6. The summed E-state index contributed by atoms with van der Waals surface area (Å²) in [6, 6.07) is 20.7. The van der Waals surface area contributed by atoms with Gasteiger partial charge in [0.05, 0.1) is 26.8 Å². The second-order valence-electron chi connectivity index (χ2n) is 11.0. The minimum Gasteiger partial charge on any atom is -1.00 e. The number of nitro groups is 1. The van der Waals surface area contributed by atoms with E-state index in [9.17, 15) is 20.0 Å². The Labute approximate surface area is 254 Å². The summed E-state index contributed by atoms with van der Waals surface area (Å²) < 4.78 is 2.25. The Morgan fingerprint density at radius 1 is 1.10 bits per heavy atom. The van der Waals surface area contributed by atoms with Crippen LogP contribution in [-0.4, -0.2) is 51.5 Å². The van der Waals surface area contributed by atoms with Crippen molar-refractivity contribution in [2.75, 3.05) is 31.4 Å². The number of alkyl halides is 1. The summed E-state index contributed by atoms with van der Waals surface area (Å²) in [5.41, 5.74) is 4.62. The number of amides is 1. The third-order valence-corrected chi connectivity index (χ3v) is 7.95. The molecule has 0 bridgehead atoms. The summed E-state index contributed by atoms with van der Waals surface area (Å²) in [6.45, 7) is 1.85. The molecule has 41 heavy (non-hydrogen) atoms. The molecule has 0 saturated heterocycles. The number of phenols is 1. The molecule has 10 heteroatoms. The van der Waals surface area contributed by atoms with Gasteiger partial charge in [-0.25, -0.2) is 4.57 Å². The topological polar surface area (TPSA) is 88.6 Å². The average Bonchev–Trinajstić information content (AvgIpc) is 3.48. The van der Waals surface area contributed by atoms with E-state index < -0.39 is 0 Å². The number of hydrogen-bond donors (Lipinski definition) is 1. The van der Waals surface area contributed by atoms with Crippen molar-refractivity contribution in [3.8, 4) is 5.75 Å². The smallest absolute Gasteiger partial charge is 0.323 e. The van der Waals surface area contributed by atoms with E-state index in [-0.39, 0.29) is 45.3 Å². The number of carbonyl (C=O) groups excluding carboxylic acids is 1. The first kappa shape index (κ1) is 30.3. The second kappa shape index (κ2) is 12.1. The quantitative estimate of drug-likeness (QED) is 0.106. The molecule has 1 aliphatic rings. The van der Waals surface area contributed by atoms with Crippen LogP contribution >= 0.6 is 11.6 Å². The molecule has 1 aromatic heterocycles. The second-order valence-corrected chi connectivity index (χ2v) is 11.3. The van der Waals surface area contributed by atoms with Crippen molar-refractivity contribution < 1.29 is 36.3 Å². The van der Waals surface area contributed by atoms with Gasteiger partial charge >= 0.3 is 5.82 Å².